The number of hydrogen-bond donors (Lipinski definition) is 3. The zero-order valence-electron chi connectivity index (χ0n) is 38.3. The van der Waals surface area contributed by atoms with Gasteiger partial charge in [0.15, 0.2) is 17.4 Å². The van der Waals surface area contributed by atoms with E-state index in [1.165, 1.54) is 26.2 Å². The molecule has 0 aromatic carbocycles. The van der Waals surface area contributed by atoms with Crippen LogP contribution in [0.5, 0.6) is 0 Å². The molecular weight excluding hydrogens is 817 g/mol. The summed E-state index contributed by atoms with van der Waals surface area (Å²) < 4.78 is 32.5. The van der Waals surface area contributed by atoms with Crippen molar-refractivity contribution in [3.63, 3.8) is 0 Å². The first-order valence-corrected chi connectivity index (χ1v) is 23.3. The maximum atomic E-state index is 10.9. The van der Waals surface area contributed by atoms with Gasteiger partial charge in [-0.25, -0.2) is 0 Å². The molecule has 3 spiro atoms. The highest BCUT2D eigenvalue weighted by atomic mass is 16.7. The number of Topliss-reactive ketones (excluding diaryl/α,β-unsaturated/α-hetero) is 5. The van der Waals surface area contributed by atoms with E-state index in [1.807, 2.05) is 0 Å². The molecule has 16 nitrogen and oxygen atoms in total. The number of carboxylic acids is 1. The molecule has 0 aromatic heterocycles. The minimum absolute atomic E-state index is 0.0670. The lowest BCUT2D eigenvalue weighted by molar-refractivity contribution is -0.235. The van der Waals surface area contributed by atoms with Crippen molar-refractivity contribution >= 4 is 34.9 Å². The Kier molecular flexibility index (Phi) is 20.0. The number of carbonyl (C=O) groups excluding carboxylic acids is 5. The molecule has 3 saturated heterocycles. The molecule has 0 amide bonds. The molecule has 7 aliphatic carbocycles. The molecule has 4 N–H and O–H groups in total. The molecule has 0 atom stereocenters. The van der Waals surface area contributed by atoms with Crippen LogP contribution in [0.4, 0.5) is 0 Å². The summed E-state index contributed by atoms with van der Waals surface area (Å²) in [6, 6.07) is 2.12. The third-order valence-corrected chi connectivity index (χ3v) is 13.9. The monoisotopic (exact) mass is 891 g/mol. The number of nitrogens with two attached hydrogens (primary N) is 1. The van der Waals surface area contributed by atoms with Crippen LogP contribution in [0.1, 0.15) is 144 Å². The zero-order chi connectivity index (χ0) is 46.4. The van der Waals surface area contributed by atoms with Crippen molar-refractivity contribution in [1.82, 2.24) is 0 Å². The summed E-state index contributed by atoms with van der Waals surface area (Å²) in [5.41, 5.74) is 5.15. The zero-order valence-corrected chi connectivity index (χ0v) is 38.3. The van der Waals surface area contributed by atoms with Crippen molar-refractivity contribution in [2.75, 3.05) is 46.2 Å². The van der Waals surface area contributed by atoms with E-state index in [9.17, 15) is 28.8 Å². The number of ketones is 5. The topological polar surface area (TPSA) is 248 Å². The summed E-state index contributed by atoms with van der Waals surface area (Å²) in [6.07, 6.45) is 14.2. The molecule has 10 aliphatic rings. The molecule has 7 saturated carbocycles. The number of rotatable bonds is 7. The summed E-state index contributed by atoms with van der Waals surface area (Å²) in [5, 5.41) is 25.4. The second kappa shape index (κ2) is 24.0. The van der Waals surface area contributed by atoms with Crippen LogP contribution in [0.3, 0.4) is 0 Å². The Balaban J connectivity index is 0.000000162. The summed E-state index contributed by atoms with van der Waals surface area (Å²) >= 11 is 0. The first-order valence-electron chi connectivity index (χ1n) is 23.3. The van der Waals surface area contributed by atoms with Crippen molar-refractivity contribution < 1.29 is 67.4 Å². The number of carbonyl (C=O) groups is 6. The Labute approximate surface area is 372 Å². The average molecular weight is 891 g/mol. The van der Waals surface area contributed by atoms with Gasteiger partial charge >= 0.3 is 5.97 Å². The number of aliphatic hydroxyl groups excluding tert-OH is 1. The smallest absolute Gasteiger partial charge is 0.307 e. The summed E-state index contributed by atoms with van der Waals surface area (Å²) in [6.45, 7) is 14.4. The summed E-state index contributed by atoms with van der Waals surface area (Å²) in [4.78, 5) is 61.9. The Morgan fingerprint density at radius 2 is 0.889 bits per heavy atom. The van der Waals surface area contributed by atoms with Gasteiger partial charge in [0.25, 0.3) is 0 Å². The predicted molar refractivity (Wildman–Crippen MR) is 227 cm³/mol. The third-order valence-electron chi connectivity index (χ3n) is 13.9. The highest BCUT2D eigenvalue weighted by Crippen LogP contribution is 2.46. The van der Waals surface area contributed by atoms with Gasteiger partial charge in [-0.3, -0.25) is 28.8 Å². The minimum atomic E-state index is -0.843. The van der Waals surface area contributed by atoms with Crippen LogP contribution in [0.25, 0.3) is 0 Å². The SMILES string of the molecule is CC(=O)C1CC(=O)C1.CC(=O)C1CC2(C1)OCCO2.CCC1CC(=O)C1.CCC1CC(N)(C#N)C1.CCC1CC2(C1)OCCO2.O=C1CC(C(=O)O)C1.OCC1CC2(C1)OCCO2. The standard InChI is InChI=1S/C8H12O3.C8H14O2.C7H12N2.C7H12O3.C6H8O2.C6H10O.C5H6O3/c1-6(9)7-4-8(5-7)10-2-3-11-8;1-2-7-5-8(6-7)9-3-4-10-8;1-2-6-3-7(9,4-6)5-8;8-5-6-3-7(4-6)9-1-2-10-7;1-4(7)5-2-6(8)3-5;1-2-5-3-6(7)4-5;6-4-1-3(2-4)5(7)8/h7H,2-5H2,1H3;7H,2-6H2,1H3;6H,2-4,9H2,1H3;6,8H,1-5H2;5H,2-3H2,1H3;5H,2-4H2,1H3;3H,1-2H2,(H,7,8). The quantitative estimate of drug-likeness (QED) is 0.289. The molecule has 0 bridgehead atoms. The molecular formula is C47H74N2O14. The number of aliphatic hydroxyl groups is 1. The van der Waals surface area contributed by atoms with Crippen LogP contribution in [0, 0.1) is 52.8 Å². The normalized spacial score (nSPS) is 30.1. The molecule has 10 fully saturated rings. The fourth-order valence-electron chi connectivity index (χ4n) is 8.90. The van der Waals surface area contributed by atoms with Crippen LogP contribution in [-0.2, 0) is 57.2 Å². The Morgan fingerprint density at radius 1 is 0.556 bits per heavy atom. The Bertz CT molecular complexity index is 1490. The van der Waals surface area contributed by atoms with Crippen molar-refractivity contribution in [2.24, 2.45) is 47.2 Å². The number of carboxylic acid groups (broad SMARTS) is 1. The second-order valence-electron chi connectivity index (χ2n) is 19.1. The third kappa shape index (κ3) is 15.6. The van der Waals surface area contributed by atoms with Gasteiger partial charge in [0.2, 0.25) is 0 Å². The van der Waals surface area contributed by atoms with Gasteiger partial charge in [0.05, 0.1) is 51.6 Å². The van der Waals surface area contributed by atoms with E-state index in [4.69, 9.17) is 49.6 Å². The fourth-order valence-corrected chi connectivity index (χ4v) is 8.90. The van der Waals surface area contributed by atoms with Crippen LogP contribution in [0.2, 0.25) is 0 Å². The number of aliphatic carboxylic acids is 1. The first-order chi connectivity index (χ1) is 29.8. The van der Waals surface area contributed by atoms with E-state index in [0.29, 0.717) is 37.8 Å². The Morgan fingerprint density at radius 3 is 1.14 bits per heavy atom. The van der Waals surface area contributed by atoms with E-state index in [0.717, 1.165) is 108 Å². The van der Waals surface area contributed by atoms with Gasteiger partial charge in [-0.2, -0.15) is 5.26 Å². The van der Waals surface area contributed by atoms with Crippen LogP contribution < -0.4 is 5.73 Å². The van der Waals surface area contributed by atoms with E-state index in [2.05, 4.69) is 26.8 Å². The van der Waals surface area contributed by atoms with Gasteiger partial charge < -0.3 is 44.4 Å². The number of nitriles is 1. The number of hydrogen-bond acceptors (Lipinski definition) is 15. The lowest BCUT2D eigenvalue weighted by Crippen LogP contribution is -2.50. The van der Waals surface area contributed by atoms with E-state index >= 15 is 0 Å². The van der Waals surface area contributed by atoms with Crippen molar-refractivity contribution in [1.29, 1.82) is 5.26 Å². The molecule has 0 radical (unpaired) electrons. The predicted octanol–water partition coefficient (Wildman–Crippen LogP) is 5.42. The summed E-state index contributed by atoms with van der Waals surface area (Å²) in [5.74, 6) is 2.21. The minimum Gasteiger partial charge on any atom is -0.481 e. The van der Waals surface area contributed by atoms with Gasteiger partial charge in [-0.1, -0.05) is 40.0 Å². The number of ether oxygens (including phenoxy) is 6. The molecule has 356 valence electrons. The average Bonchev–Trinajstić information content (AvgIpc) is 3.97. The van der Waals surface area contributed by atoms with Gasteiger partial charge in [0, 0.05) is 95.5 Å². The fraction of sp³-hybridized carbons (Fsp3) is 0.851. The van der Waals surface area contributed by atoms with E-state index < -0.39 is 11.5 Å². The molecule has 0 aromatic rings. The van der Waals surface area contributed by atoms with Crippen LogP contribution in [0.15, 0.2) is 0 Å². The maximum absolute atomic E-state index is 10.9. The molecule has 3 aliphatic heterocycles. The largest absolute Gasteiger partial charge is 0.481 e. The van der Waals surface area contributed by atoms with Crippen LogP contribution in [-0.4, -0.2) is 114 Å². The molecule has 10 rings (SSSR count). The Hall–Kier alpha value is -3.01. The van der Waals surface area contributed by atoms with Gasteiger partial charge in [-0.15, -0.1) is 0 Å². The first kappa shape index (κ1) is 52.6. The second-order valence-corrected chi connectivity index (χ2v) is 19.1. The van der Waals surface area contributed by atoms with Gasteiger partial charge in [-0.05, 0) is 50.4 Å². The molecule has 63 heavy (non-hydrogen) atoms. The molecule has 16 heteroatoms. The lowest BCUT2D eigenvalue weighted by atomic mass is 9.69. The van der Waals surface area contributed by atoms with Crippen molar-refractivity contribution in [3.8, 4) is 6.07 Å². The molecule has 0 unspecified atom stereocenters. The van der Waals surface area contributed by atoms with Crippen molar-refractivity contribution in [3.05, 3.63) is 0 Å². The van der Waals surface area contributed by atoms with E-state index in [-0.39, 0.29) is 77.7 Å². The lowest BCUT2D eigenvalue weighted by Gasteiger charge is -2.42. The highest BCUT2D eigenvalue weighted by Gasteiger charge is 2.51. The van der Waals surface area contributed by atoms with Gasteiger partial charge in [0.1, 0.15) is 34.5 Å². The summed E-state index contributed by atoms with van der Waals surface area (Å²) in [7, 11) is 0. The van der Waals surface area contributed by atoms with Crippen molar-refractivity contribution in [2.45, 2.75) is 167 Å². The highest BCUT2D eigenvalue weighted by molar-refractivity contribution is 5.96. The van der Waals surface area contributed by atoms with E-state index in [1.54, 1.807) is 6.92 Å². The molecule has 3 heterocycles. The maximum Gasteiger partial charge on any atom is 0.307 e. The van der Waals surface area contributed by atoms with Crippen LogP contribution >= 0.6 is 0 Å². The number of nitrogens with zero attached hydrogens (tertiary/aromatic N) is 1.